The summed E-state index contributed by atoms with van der Waals surface area (Å²) < 4.78 is 7.37. The van der Waals surface area contributed by atoms with Crippen molar-refractivity contribution in [3.8, 4) is 5.75 Å². The number of nitrogens with zero attached hydrogens (tertiary/aromatic N) is 3. The van der Waals surface area contributed by atoms with Gasteiger partial charge >= 0.3 is 0 Å². The van der Waals surface area contributed by atoms with Crippen molar-refractivity contribution in [1.82, 2.24) is 20.5 Å². The van der Waals surface area contributed by atoms with Crippen molar-refractivity contribution in [1.29, 1.82) is 0 Å². The molecule has 1 atom stereocenters. The summed E-state index contributed by atoms with van der Waals surface area (Å²) in [6.07, 6.45) is 2.13. The first-order valence-corrected chi connectivity index (χ1v) is 10.8. The van der Waals surface area contributed by atoms with Gasteiger partial charge in [-0.1, -0.05) is 42.8 Å². The molecule has 0 aliphatic heterocycles. The van der Waals surface area contributed by atoms with Crippen LogP contribution >= 0.6 is 11.6 Å². The van der Waals surface area contributed by atoms with E-state index in [-0.39, 0.29) is 12.5 Å². The lowest BCUT2D eigenvalue weighted by Gasteiger charge is -2.17. The number of halogens is 1. The van der Waals surface area contributed by atoms with Gasteiger partial charge in [0, 0.05) is 10.7 Å². The number of rotatable bonds is 10. The van der Waals surface area contributed by atoms with Gasteiger partial charge in [-0.3, -0.25) is 14.8 Å². The van der Waals surface area contributed by atoms with Crippen molar-refractivity contribution in [3.05, 3.63) is 71.0 Å². The van der Waals surface area contributed by atoms with Crippen LogP contribution in [0.2, 0.25) is 5.02 Å². The van der Waals surface area contributed by atoms with Crippen molar-refractivity contribution < 1.29 is 19.5 Å². The molecule has 0 saturated heterocycles. The molecule has 3 aromatic rings. The number of nitrogens with one attached hydrogen (secondary N) is 2. The van der Waals surface area contributed by atoms with Crippen molar-refractivity contribution in [2.24, 2.45) is 11.8 Å². The van der Waals surface area contributed by atoms with Crippen molar-refractivity contribution in [2.75, 3.05) is 5.32 Å². The second-order valence-electron chi connectivity index (χ2n) is 7.99. The van der Waals surface area contributed by atoms with Gasteiger partial charge in [0.1, 0.15) is 24.0 Å². The number of carbonyl (C=O) groups excluding carboxylic acids is 2. The highest BCUT2D eigenvalue weighted by Crippen LogP contribution is 2.18. The predicted octanol–water partition coefficient (Wildman–Crippen LogP) is 3.67. The van der Waals surface area contributed by atoms with Crippen LogP contribution in [0.15, 0.2) is 54.7 Å². The highest BCUT2D eigenvalue weighted by Gasteiger charge is 2.27. The van der Waals surface area contributed by atoms with Gasteiger partial charge in [-0.05, 0) is 54.3 Å². The topological polar surface area (TPSA) is 118 Å². The van der Waals surface area contributed by atoms with E-state index in [0.29, 0.717) is 35.1 Å². The normalized spacial score (nSPS) is 11.8. The lowest BCUT2D eigenvalue weighted by Crippen LogP contribution is -2.37. The molecular formula is C23H26ClN5O4. The molecule has 0 saturated carbocycles. The summed E-state index contributed by atoms with van der Waals surface area (Å²) in [4.78, 5) is 24.3. The van der Waals surface area contributed by atoms with E-state index in [4.69, 9.17) is 21.5 Å². The van der Waals surface area contributed by atoms with Gasteiger partial charge in [0.05, 0.1) is 12.7 Å². The number of benzene rings is 2. The van der Waals surface area contributed by atoms with E-state index in [2.05, 4.69) is 15.6 Å². The lowest BCUT2D eigenvalue weighted by molar-refractivity contribution is -0.139. The second kappa shape index (κ2) is 11.4. The Balaban J connectivity index is 1.54. The number of hydrogen-bond acceptors (Lipinski definition) is 6. The van der Waals surface area contributed by atoms with Crippen molar-refractivity contribution >= 4 is 29.1 Å². The van der Waals surface area contributed by atoms with Gasteiger partial charge in [-0.2, -0.15) is 0 Å². The number of hydroxylamine groups is 1. The van der Waals surface area contributed by atoms with Gasteiger partial charge in [0.2, 0.25) is 5.91 Å². The Morgan fingerprint density at radius 2 is 1.79 bits per heavy atom. The van der Waals surface area contributed by atoms with E-state index >= 15 is 0 Å². The molecule has 0 bridgehead atoms. The smallest absolute Gasteiger partial charge is 0.255 e. The maximum atomic E-state index is 12.5. The summed E-state index contributed by atoms with van der Waals surface area (Å²) in [6.45, 7) is 4.58. The van der Waals surface area contributed by atoms with Crippen LogP contribution < -0.4 is 15.5 Å². The van der Waals surface area contributed by atoms with Crippen LogP contribution in [0.4, 0.5) is 5.69 Å². The predicted molar refractivity (Wildman–Crippen MR) is 123 cm³/mol. The number of aromatic nitrogens is 3. The minimum Gasteiger partial charge on any atom is -0.487 e. The van der Waals surface area contributed by atoms with Crippen molar-refractivity contribution in [2.45, 2.75) is 33.4 Å². The monoisotopic (exact) mass is 471 g/mol. The fraction of sp³-hybridized carbons (Fsp3) is 0.304. The highest BCUT2D eigenvalue weighted by molar-refractivity contribution is 6.30. The number of carbonyl (C=O) groups is 2. The summed E-state index contributed by atoms with van der Waals surface area (Å²) in [6, 6.07) is 14.3. The van der Waals surface area contributed by atoms with Crippen LogP contribution in [0, 0.1) is 11.8 Å². The standard InChI is InChI=1S/C23H26ClN5O4/c1-15(2)11-21(23(31)27-32)22(30)25-18-7-3-16(4-8-18)12-29-13-19(26-28-29)14-33-20-9-5-17(24)6-10-20/h3-10,13,15,21,32H,11-12,14H2,1-2H3,(H,25,30)(H,27,31). The largest absolute Gasteiger partial charge is 0.487 e. The van der Waals surface area contributed by atoms with E-state index in [1.807, 2.05) is 26.0 Å². The zero-order valence-electron chi connectivity index (χ0n) is 18.4. The molecular weight excluding hydrogens is 446 g/mol. The molecule has 0 spiro atoms. The van der Waals surface area contributed by atoms with E-state index < -0.39 is 17.7 Å². The van der Waals surface area contributed by atoms with Crippen LogP contribution in [0.5, 0.6) is 5.75 Å². The molecule has 10 heteroatoms. The Hall–Kier alpha value is -3.43. The zero-order chi connectivity index (χ0) is 23.8. The highest BCUT2D eigenvalue weighted by atomic mass is 35.5. The first kappa shape index (κ1) is 24.2. The van der Waals surface area contributed by atoms with E-state index in [1.54, 1.807) is 52.8 Å². The maximum absolute atomic E-state index is 12.5. The first-order valence-electron chi connectivity index (χ1n) is 10.4. The van der Waals surface area contributed by atoms with Crippen LogP contribution in [-0.4, -0.2) is 32.0 Å². The van der Waals surface area contributed by atoms with Crippen LogP contribution in [0.3, 0.4) is 0 Å². The van der Waals surface area contributed by atoms with E-state index in [9.17, 15) is 9.59 Å². The summed E-state index contributed by atoms with van der Waals surface area (Å²) in [5, 5.41) is 20.5. The quantitative estimate of drug-likeness (QED) is 0.236. The molecule has 33 heavy (non-hydrogen) atoms. The zero-order valence-corrected chi connectivity index (χ0v) is 19.1. The molecule has 0 aliphatic rings. The minimum atomic E-state index is -0.974. The Morgan fingerprint density at radius 3 is 2.42 bits per heavy atom. The number of anilines is 1. The summed E-state index contributed by atoms with van der Waals surface area (Å²) in [7, 11) is 0. The molecule has 2 aromatic carbocycles. The van der Waals surface area contributed by atoms with Gasteiger partial charge in [-0.25, -0.2) is 10.2 Å². The van der Waals surface area contributed by atoms with Gasteiger partial charge < -0.3 is 10.1 Å². The van der Waals surface area contributed by atoms with E-state index in [1.165, 1.54) is 0 Å². The third-order valence-electron chi connectivity index (χ3n) is 4.80. The van der Waals surface area contributed by atoms with Crippen LogP contribution in [0.25, 0.3) is 0 Å². The van der Waals surface area contributed by atoms with Gasteiger partial charge in [0.15, 0.2) is 0 Å². The molecule has 0 aliphatic carbocycles. The molecule has 0 fully saturated rings. The molecule has 3 rings (SSSR count). The Kier molecular flexibility index (Phi) is 8.39. The molecule has 1 aromatic heterocycles. The SMILES string of the molecule is CC(C)CC(C(=O)NO)C(=O)Nc1ccc(Cn2cc(COc3ccc(Cl)cc3)nn2)cc1. The van der Waals surface area contributed by atoms with Gasteiger partial charge in [-0.15, -0.1) is 5.10 Å². The summed E-state index contributed by atoms with van der Waals surface area (Å²) >= 11 is 5.87. The molecule has 1 heterocycles. The molecule has 2 amide bonds. The average molecular weight is 472 g/mol. The first-order chi connectivity index (χ1) is 15.8. The number of hydrogen-bond donors (Lipinski definition) is 3. The molecule has 3 N–H and O–H groups in total. The fourth-order valence-electron chi connectivity index (χ4n) is 3.16. The maximum Gasteiger partial charge on any atom is 0.255 e. The van der Waals surface area contributed by atoms with Crippen LogP contribution in [-0.2, 0) is 22.7 Å². The fourth-order valence-corrected chi connectivity index (χ4v) is 3.29. The molecule has 9 nitrogen and oxygen atoms in total. The lowest BCUT2D eigenvalue weighted by atomic mass is 9.95. The third-order valence-corrected chi connectivity index (χ3v) is 5.05. The minimum absolute atomic E-state index is 0.115. The molecule has 174 valence electrons. The Bertz CT molecular complexity index is 1070. The molecule has 0 radical (unpaired) electrons. The number of ether oxygens (including phenoxy) is 1. The van der Waals surface area contributed by atoms with E-state index in [0.717, 1.165) is 5.56 Å². The summed E-state index contributed by atoms with van der Waals surface area (Å²) in [5.74, 6) is -1.36. The Labute approximate surface area is 196 Å². The summed E-state index contributed by atoms with van der Waals surface area (Å²) in [5.41, 5.74) is 3.76. The average Bonchev–Trinajstić information content (AvgIpc) is 3.25. The second-order valence-corrected chi connectivity index (χ2v) is 8.43. The van der Waals surface area contributed by atoms with Crippen molar-refractivity contribution in [3.63, 3.8) is 0 Å². The van der Waals surface area contributed by atoms with Gasteiger partial charge in [0.25, 0.3) is 5.91 Å². The third kappa shape index (κ3) is 7.30. The Morgan fingerprint density at radius 1 is 1.09 bits per heavy atom. The molecule has 1 unspecified atom stereocenters. The van der Waals surface area contributed by atoms with Crippen LogP contribution in [0.1, 0.15) is 31.5 Å². The number of amides is 2.